The van der Waals surface area contributed by atoms with Crippen molar-refractivity contribution in [1.82, 2.24) is 5.32 Å². The third-order valence-electron chi connectivity index (χ3n) is 3.36. The van der Waals surface area contributed by atoms with E-state index < -0.39 is 0 Å². The van der Waals surface area contributed by atoms with Gasteiger partial charge >= 0.3 is 0 Å². The lowest BCUT2D eigenvalue weighted by molar-refractivity contribution is 0.598. The van der Waals surface area contributed by atoms with Gasteiger partial charge in [0, 0.05) is 5.02 Å². The third-order valence-corrected chi connectivity index (χ3v) is 3.59. The summed E-state index contributed by atoms with van der Waals surface area (Å²) >= 11 is 6.15. The molecule has 0 saturated heterocycles. The van der Waals surface area contributed by atoms with E-state index in [9.17, 15) is 0 Å². The van der Waals surface area contributed by atoms with Crippen molar-refractivity contribution in [3.63, 3.8) is 0 Å². The molecule has 2 aromatic carbocycles. The van der Waals surface area contributed by atoms with Crippen LogP contribution in [0.2, 0.25) is 5.02 Å². The average Bonchev–Trinajstić information content (AvgIpc) is 2.38. The summed E-state index contributed by atoms with van der Waals surface area (Å²) in [7, 11) is 0. The van der Waals surface area contributed by atoms with E-state index in [4.69, 9.17) is 11.6 Å². The standard InChI is InChI=1S/C18H22ClN/c1-4-8-20-18(15-6-5-7-17(19)12-15)16-10-13(2)9-14(3)11-16/h5-7,9-12,18,20H,4,8H2,1-3H3. The number of benzene rings is 2. The average molecular weight is 288 g/mol. The zero-order valence-electron chi connectivity index (χ0n) is 12.4. The van der Waals surface area contributed by atoms with Crippen molar-refractivity contribution in [2.24, 2.45) is 0 Å². The van der Waals surface area contributed by atoms with Gasteiger partial charge in [-0.2, -0.15) is 0 Å². The van der Waals surface area contributed by atoms with E-state index in [1.54, 1.807) is 0 Å². The van der Waals surface area contributed by atoms with E-state index >= 15 is 0 Å². The van der Waals surface area contributed by atoms with Crippen molar-refractivity contribution in [2.75, 3.05) is 6.54 Å². The lowest BCUT2D eigenvalue weighted by Gasteiger charge is -2.21. The van der Waals surface area contributed by atoms with Crippen LogP contribution in [0.15, 0.2) is 42.5 Å². The Morgan fingerprint density at radius 1 is 1.00 bits per heavy atom. The highest BCUT2D eigenvalue weighted by Gasteiger charge is 2.14. The van der Waals surface area contributed by atoms with Gasteiger partial charge in [-0.15, -0.1) is 0 Å². The molecule has 0 aliphatic carbocycles. The quantitative estimate of drug-likeness (QED) is 0.812. The summed E-state index contributed by atoms with van der Waals surface area (Å²) in [4.78, 5) is 0. The Bertz CT molecular complexity index is 557. The molecule has 1 nitrogen and oxygen atoms in total. The Labute approximate surface area is 127 Å². The predicted molar refractivity (Wildman–Crippen MR) is 87.5 cm³/mol. The van der Waals surface area contributed by atoms with Gasteiger partial charge in [-0.25, -0.2) is 0 Å². The van der Waals surface area contributed by atoms with Crippen molar-refractivity contribution in [3.05, 3.63) is 69.7 Å². The summed E-state index contributed by atoms with van der Waals surface area (Å²) in [5, 5.41) is 4.41. The number of hydrogen-bond acceptors (Lipinski definition) is 1. The summed E-state index contributed by atoms with van der Waals surface area (Å²) in [6.45, 7) is 7.46. The Hall–Kier alpha value is -1.31. The maximum Gasteiger partial charge on any atom is 0.0577 e. The molecular formula is C18H22ClN. The highest BCUT2D eigenvalue weighted by Crippen LogP contribution is 2.26. The molecule has 2 rings (SSSR count). The third kappa shape index (κ3) is 3.84. The molecule has 0 aliphatic rings. The Kier molecular flexibility index (Phi) is 5.22. The Morgan fingerprint density at radius 3 is 2.30 bits per heavy atom. The molecule has 2 heteroatoms. The Balaban J connectivity index is 2.41. The van der Waals surface area contributed by atoms with Gasteiger partial charge in [-0.1, -0.05) is 60.0 Å². The van der Waals surface area contributed by atoms with Gasteiger partial charge in [0.25, 0.3) is 0 Å². The van der Waals surface area contributed by atoms with Crippen molar-refractivity contribution in [3.8, 4) is 0 Å². The van der Waals surface area contributed by atoms with E-state index in [1.165, 1.54) is 22.3 Å². The summed E-state index contributed by atoms with van der Waals surface area (Å²) in [6.07, 6.45) is 1.11. The lowest BCUT2D eigenvalue weighted by Crippen LogP contribution is -2.23. The second-order valence-corrected chi connectivity index (χ2v) is 5.80. The highest BCUT2D eigenvalue weighted by molar-refractivity contribution is 6.30. The minimum Gasteiger partial charge on any atom is -0.306 e. The van der Waals surface area contributed by atoms with Crippen molar-refractivity contribution < 1.29 is 0 Å². The predicted octanol–water partition coefficient (Wildman–Crippen LogP) is 5.05. The second-order valence-electron chi connectivity index (χ2n) is 5.36. The fraction of sp³-hybridized carbons (Fsp3) is 0.333. The van der Waals surface area contributed by atoms with Gasteiger partial charge in [-0.05, 0) is 50.1 Å². The lowest BCUT2D eigenvalue weighted by atomic mass is 9.95. The van der Waals surface area contributed by atoms with Gasteiger partial charge in [0.1, 0.15) is 0 Å². The summed E-state index contributed by atoms with van der Waals surface area (Å²) in [6, 6.07) is 15.0. The monoisotopic (exact) mass is 287 g/mol. The molecule has 20 heavy (non-hydrogen) atoms. The summed E-state index contributed by atoms with van der Waals surface area (Å²) < 4.78 is 0. The minimum atomic E-state index is 0.201. The van der Waals surface area contributed by atoms with Crippen molar-refractivity contribution in [2.45, 2.75) is 33.2 Å². The first kappa shape index (κ1) is 15.1. The van der Waals surface area contributed by atoms with Crippen molar-refractivity contribution in [1.29, 1.82) is 0 Å². The van der Waals surface area contributed by atoms with E-state index in [2.05, 4.69) is 50.4 Å². The first-order chi connectivity index (χ1) is 9.60. The van der Waals surface area contributed by atoms with Gasteiger partial charge in [-0.3, -0.25) is 0 Å². The number of rotatable bonds is 5. The molecule has 0 spiro atoms. The Morgan fingerprint density at radius 2 is 1.70 bits per heavy atom. The molecule has 0 saturated carbocycles. The molecule has 2 aromatic rings. The van der Waals surface area contributed by atoms with Gasteiger partial charge in [0.15, 0.2) is 0 Å². The fourth-order valence-corrected chi connectivity index (χ4v) is 2.78. The molecule has 0 bridgehead atoms. The number of nitrogens with one attached hydrogen (secondary N) is 1. The molecule has 0 fully saturated rings. The SMILES string of the molecule is CCCNC(c1cc(C)cc(C)c1)c1cccc(Cl)c1. The second kappa shape index (κ2) is 6.92. The molecule has 0 aliphatic heterocycles. The normalized spacial score (nSPS) is 12.4. The van der Waals surface area contributed by atoms with Crippen LogP contribution in [0.25, 0.3) is 0 Å². The number of hydrogen-bond donors (Lipinski definition) is 1. The maximum atomic E-state index is 6.15. The van der Waals surface area contributed by atoms with Crippen LogP contribution in [0.1, 0.15) is 41.6 Å². The molecule has 0 amide bonds. The van der Waals surface area contributed by atoms with E-state index in [0.717, 1.165) is 18.0 Å². The van der Waals surface area contributed by atoms with Crippen LogP contribution < -0.4 is 5.32 Å². The smallest absolute Gasteiger partial charge is 0.0577 e. The van der Waals surface area contributed by atoms with Crippen LogP contribution in [0.3, 0.4) is 0 Å². The van der Waals surface area contributed by atoms with Gasteiger partial charge in [0.2, 0.25) is 0 Å². The fourth-order valence-electron chi connectivity index (χ4n) is 2.58. The van der Waals surface area contributed by atoms with Crippen LogP contribution >= 0.6 is 11.6 Å². The van der Waals surface area contributed by atoms with Crippen LogP contribution in [-0.4, -0.2) is 6.54 Å². The van der Waals surface area contributed by atoms with Gasteiger partial charge in [0.05, 0.1) is 6.04 Å². The largest absolute Gasteiger partial charge is 0.306 e. The first-order valence-corrected chi connectivity index (χ1v) is 7.55. The molecule has 0 heterocycles. The maximum absolute atomic E-state index is 6.15. The first-order valence-electron chi connectivity index (χ1n) is 7.17. The van der Waals surface area contributed by atoms with E-state index in [0.29, 0.717) is 0 Å². The molecule has 1 N–H and O–H groups in total. The molecule has 1 atom stereocenters. The van der Waals surface area contributed by atoms with Crippen LogP contribution in [0.4, 0.5) is 0 Å². The zero-order chi connectivity index (χ0) is 14.5. The highest BCUT2D eigenvalue weighted by atomic mass is 35.5. The van der Waals surface area contributed by atoms with Crippen LogP contribution in [-0.2, 0) is 0 Å². The van der Waals surface area contributed by atoms with Crippen LogP contribution in [0.5, 0.6) is 0 Å². The number of aryl methyl sites for hydroxylation is 2. The molecule has 1 unspecified atom stereocenters. The zero-order valence-corrected chi connectivity index (χ0v) is 13.2. The van der Waals surface area contributed by atoms with E-state index in [-0.39, 0.29) is 6.04 Å². The molecule has 106 valence electrons. The van der Waals surface area contributed by atoms with Crippen molar-refractivity contribution >= 4 is 11.6 Å². The molecule has 0 radical (unpaired) electrons. The molecular weight excluding hydrogens is 266 g/mol. The minimum absolute atomic E-state index is 0.201. The van der Waals surface area contributed by atoms with E-state index in [1.807, 2.05) is 18.2 Å². The number of halogens is 1. The topological polar surface area (TPSA) is 12.0 Å². The summed E-state index contributed by atoms with van der Waals surface area (Å²) in [5.74, 6) is 0. The van der Waals surface area contributed by atoms with Gasteiger partial charge < -0.3 is 5.32 Å². The molecule has 0 aromatic heterocycles. The van der Waals surface area contributed by atoms with Crippen LogP contribution in [0, 0.1) is 13.8 Å². The summed E-state index contributed by atoms with van der Waals surface area (Å²) in [5.41, 5.74) is 5.12.